The predicted octanol–water partition coefficient (Wildman–Crippen LogP) is 2.58. The van der Waals surface area contributed by atoms with E-state index in [1.807, 2.05) is 12.1 Å². The van der Waals surface area contributed by atoms with E-state index in [-0.39, 0.29) is 6.61 Å². The van der Waals surface area contributed by atoms with Crippen LogP contribution in [0, 0.1) is 5.92 Å². The molecule has 1 atom stereocenters. The number of benzene rings is 1. The molecule has 2 rings (SSSR count). The van der Waals surface area contributed by atoms with Gasteiger partial charge in [-0.2, -0.15) is 0 Å². The molecule has 0 spiro atoms. The normalized spacial score (nSPS) is 16.4. The summed E-state index contributed by atoms with van der Waals surface area (Å²) >= 11 is 0. The van der Waals surface area contributed by atoms with Gasteiger partial charge < -0.3 is 25.0 Å². The molecule has 1 heterocycles. The van der Waals surface area contributed by atoms with Crippen molar-refractivity contribution in [1.82, 2.24) is 10.2 Å². The van der Waals surface area contributed by atoms with Crippen molar-refractivity contribution >= 4 is 11.6 Å². The van der Waals surface area contributed by atoms with Crippen molar-refractivity contribution in [2.45, 2.75) is 33.1 Å². The number of nitrogens with one attached hydrogen (secondary N) is 1. The van der Waals surface area contributed by atoms with Crippen LogP contribution in [0.2, 0.25) is 0 Å². The first-order valence-corrected chi connectivity index (χ1v) is 10.2. The van der Waals surface area contributed by atoms with Crippen molar-refractivity contribution < 1.29 is 9.84 Å². The van der Waals surface area contributed by atoms with Crippen LogP contribution in [0.1, 0.15) is 33.1 Å². The second-order valence-electron chi connectivity index (χ2n) is 7.04. The summed E-state index contributed by atoms with van der Waals surface area (Å²) in [5.74, 6) is 2.37. The van der Waals surface area contributed by atoms with Crippen LogP contribution in [0.25, 0.3) is 0 Å². The Hall–Kier alpha value is -1.95. The molecule has 1 unspecified atom stereocenters. The molecule has 0 bridgehead atoms. The van der Waals surface area contributed by atoms with Gasteiger partial charge >= 0.3 is 0 Å². The van der Waals surface area contributed by atoms with Crippen molar-refractivity contribution in [2.75, 3.05) is 57.9 Å². The van der Waals surface area contributed by atoms with Crippen molar-refractivity contribution in [3.8, 4) is 5.75 Å². The van der Waals surface area contributed by atoms with E-state index in [1.165, 1.54) is 5.69 Å². The standard InChI is InChI=1S/C21H36N4O2/c1-4-7-18(10-15-26)17-23-21(22-5-2)25-13-11-24(12-14-25)19-8-6-9-20(16-19)27-3/h6,8-9,16,18,26H,4-5,7,10-15,17H2,1-3H3,(H,22,23). The van der Waals surface area contributed by atoms with Gasteiger partial charge in [0, 0.05) is 57.6 Å². The summed E-state index contributed by atoms with van der Waals surface area (Å²) in [6, 6.07) is 8.26. The third-order valence-corrected chi connectivity index (χ3v) is 5.07. The Morgan fingerprint density at radius 1 is 1.22 bits per heavy atom. The van der Waals surface area contributed by atoms with Crippen molar-refractivity contribution in [1.29, 1.82) is 0 Å². The number of aliphatic imine (C=N–C) groups is 1. The predicted molar refractivity (Wildman–Crippen MR) is 113 cm³/mol. The number of nitrogens with zero attached hydrogens (tertiary/aromatic N) is 3. The lowest BCUT2D eigenvalue weighted by Gasteiger charge is -2.38. The summed E-state index contributed by atoms with van der Waals surface area (Å²) in [7, 11) is 1.71. The minimum absolute atomic E-state index is 0.246. The quantitative estimate of drug-likeness (QED) is 0.512. The van der Waals surface area contributed by atoms with E-state index in [2.05, 4.69) is 41.1 Å². The Labute approximate surface area is 164 Å². The lowest BCUT2D eigenvalue weighted by atomic mass is 10.0. The van der Waals surface area contributed by atoms with Gasteiger partial charge in [-0.05, 0) is 37.8 Å². The molecule has 1 aliphatic rings. The van der Waals surface area contributed by atoms with Crippen LogP contribution in [-0.2, 0) is 0 Å². The first-order chi connectivity index (χ1) is 13.2. The van der Waals surface area contributed by atoms with Gasteiger partial charge in [-0.3, -0.25) is 4.99 Å². The SMILES string of the molecule is CCCC(CCO)CN=C(NCC)N1CCN(c2cccc(OC)c2)CC1. The van der Waals surface area contributed by atoms with Crippen LogP contribution in [0.5, 0.6) is 5.75 Å². The Morgan fingerprint density at radius 2 is 2.00 bits per heavy atom. The van der Waals surface area contributed by atoms with Gasteiger partial charge in [0.1, 0.15) is 5.75 Å². The average Bonchev–Trinajstić information content (AvgIpc) is 2.71. The molecule has 1 aromatic carbocycles. The Balaban J connectivity index is 1.96. The minimum Gasteiger partial charge on any atom is -0.497 e. The van der Waals surface area contributed by atoms with E-state index in [1.54, 1.807) is 7.11 Å². The zero-order valence-electron chi connectivity index (χ0n) is 17.2. The van der Waals surface area contributed by atoms with Crippen LogP contribution in [0.15, 0.2) is 29.3 Å². The molecule has 0 aromatic heterocycles. The lowest BCUT2D eigenvalue weighted by molar-refractivity contribution is 0.253. The zero-order valence-corrected chi connectivity index (χ0v) is 17.2. The maximum atomic E-state index is 9.27. The van der Waals surface area contributed by atoms with Gasteiger partial charge in [0.2, 0.25) is 0 Å². The molecular formula is C21H36N4O2. The highest BCUT2D eigenvalue weighted by Crippen LogP contribution is 2.22. The average molecular weight is 377 g/mol. The molecule has 0 radical (unpaired) electrons. The number of aliphatic hydroxyl groups excluding tert-OH is 1. The van der Waals surface area contributed by atoms with Gasteiger partial charge in [0.25, 0.3) is 0 Å². The van der Waals surface area contributed by atoms with Gasteiger partial charge in [-0.25, -0.2) is 0 Å². The van der Waals surface area contributed by atoms with E-state index in [0.717, 1.165) is 70.2 Å². The maximum Gasteiger partial charge on any atom is 0.194 e. The van der Waals surface area contributed by atoms with Crippen LogP contribution >= 0.6 is 0 Å². The number of aliphatic hydroxyl groups is 1. The number of guanidine groups is 1. The summed E-state index contributed by atoms with van der Waals surface area (Å²) in [5, 5.41) is 12.7. The topological polar surface area (TPSA) is 60.3 Å². The van der Waals surface area contributed by atoms with E-state index in [0.29, 0.717) is 5.92 Å². The number of piperazine rings is 1. The Morgan fingerprint density at radius 3 is 2.63 bits per heavy atom. The Bertz CT molecular complexity index is 565. The maximum absolute atomic E-state index is 9.27. The second kappa shape index (κ2) is 11.7. The molecular weight excluding hydrogens is 340 g/mol. The molecule has 1 saturated heterocycles. The molecule has 1 aromatic rings. The zero-order chi connectivity index (χ0) is 19.5. The number of hydrogen-bond acceptors (Lipinski definition) is 4. The summed E-state index contributed by atoms with van der Waals surface area (Å²) in [4.78, 5) is 9.63. The van der Waals surface area contributed by atoms with E-state index < -0.39 is 0 Å². The molecule has 2 N–H and O–H groups in total. The molecule has 0 saturated carbocycles. The smallest absolute Gasteiger partial charge is 0.194 e. The first kappa shape index (κ1) is 21.4. The fraction of sp³-hybridized carbons (Fsp3) is 0.667. The van der Waals surface area contributed by atoms with E-state index >= 15 is 0 Å². The van der Waals surface area contributed by atoms with E-state index in [4.69, 9.17) is 9.73 Å². The third kappa shape index (κ3) is 6.61. The summed E-state index contributed by atoms with van der Waals surface area (Å²) in [5.41, 5.74) is 1.21. The second-order valence-corrected chi connectivity index (χ2v) is 7.04. The largest absolute Gasteiger partial charge is 0.497 e. The number of hydrogen-bond donors (Lipinski definition) is 2. The fourth-order valence-electron chi connectivity index (χ4n) is 3.54. The minimum atomic E-state index is 0.246. The molecule has 0 amide bonds. The van der Waals surface area contributed by atoms with Crippen LogP contribution in [-0.4, -0.2) is 69.0 Å². The van der Waals surface area contributed by atoms with E-state index in [9.17, 15) is 5.11 Å². The molecule has 6 heteroatoms. The number of rotatable bonds is 9. The highest BCUT2D eigenvalue weighted by molar-refractivity contribution is 5.80. The Kier molecular flexibility index (Phi) is 9.25. The molecule has 152 valence electrons. The van der Waals surface area contributed by atoms with Crippen molar-refractivity contribution in [2.24, 2.45) is 10.9 Å². The monoisotopic (exact) mass is 376 g/mol. The number of anilines is 1. The van der Waals surface area contributed by atoms with Gasteiger partial charge in [0.15, 0.2) is 5.96 Å². The fourth-order valence-corrected chi connectivity index (χ4v) is 3.54. The first-order valence-electron chi connectivity index (χ1n) is 10.2. The third-order valence-electron chi connectivity index (χ3n) is 5.07. The van der Waals surface area contributed by atoms with Crippen LogP contribution < -0.4 is 15.0 Å². The molecule has 6 nitrogen and oxygen atoms in total. The summed E-state index contributed by atoms with van der Waals surface area (Å²) in [6.45, 7) is 10.0. The van der Waals surface area contributed by atoms with Crippen LogP contribution in [0.3, 0.4) is 0 Å². The lowest BCUT2D eigenvalue weighted by Crippen LogP contribution is -2.52. The highest BCUT2D eigenvalue weighted by atomic mass is 16.5. The number of methoxy groups -OCH3 is 1. The van der Waals surface area contributed by atoms with Gasteiger partial charge in [0.05, 0.1) is 7.11 Å². The van der Waals surface area contributed by atoms with Gasteiger partial charge in [-0.1, -0.05) is 19.4 Å². The molecule has 27 heavy (non-hydrogen) atoms. The molecule has 1 fully saturated rings. The number of ether oxygens (including phenoxy) is 1. The highest BCUT2D eigenvalue weighted by Gasteiger charge is 2.20. The van der Waals surface area contributed by atoms with Crippen LogP contribution in [0.4, 0.5) is 5.69 Å². The molecule has 1 aliphatic heterocycles. The van der Waals surface area contributed by atoms with Crippen molar-refractivity contribution in [3.05, 3.63) is 24.3 Å². The van der Waals surface area contributed by atoms with Crippen molar-refractivity contribution in [3.63, 3.8) is 0 Å². The summed E-state index contributed by atoms with van der Waals surface area (Å²) < 4.78 is 5.35. The van der Waals surface area contributed by atoms with Gasteiger partial charge in [-0.15, -0.1) is 0 Å². The summed E-state index contributed by atoms with van der Waals surface area (Å²) in [6.07, 6.45) is 3.09. The molecule has 0 aliphatic carbocycles.